The minimum atomic E-state index is 0.0556. The molecule has 0 heterocycles. The molecule has 7 heavy (non-hydrogen) atoms. The molecule has 0 aliphatic rings. The van der Waals surface area contributed by atoms with Gasteiger partial charge in [0.2, 0.25) is 0 Å². The Morgan fingerprint density at radius 3 is 1.14 bits per heavy atom. The van der Waals surface area contributed by atoms with Crippen LogP contribution < -0.4 is 0 Å². The van der Waals surface area contributed by atoms with E-state index in [4.69, 9.17) is 0 Å². The average Bonchev–Trinajstić information content (AvgIpc) is 1.27. The number of hydrogen-bond donors (Lipinski definition) is 0. The molecule has 0 amide bonds. The van der Waals surface area contributed by atoms with Gasteiger partial charge in [0.15, 0.2) is 0 Å². The molecule has 2 nitrogen and oxygen atoms in total. The van der Waals surface area contributed by atoms with Crippen LogP contribution in [0.2, 0.25) is 0 Å². The van der Waals surface area contributed by atoms with Crippen molar-refractivity contribution in [2.75, 3.05) is 28.2 Å². The van der Waals surface area contributed by atoms with Crippen LogP contribution in [0.4, 0.5) is 0 Å². The predicted molar refractivity (Wildman–Crippen MR) is 34.5 cm³/mol. The first-order chi connectivity index (χ1) is 3.13. The molecule has 0 aliphatic carbocycles. The van der Waals surface area contributed by atoms with Crippen molar-refractivity contribution in [3.8, 4) is 0 Å². The van der Waals surface area contributed by atoms with Crippen LogP contribution in [0, 0.1) is 0 Å². The Balaban J connectivity index is 2.95. The van der Waals surface area contributed by atoms with Crippen molar-refractivity contribution in [2.45, 2.75) is 0 Å². The summed E-state index contributed by atoms with van der Waals surface area (Å²) in [6, 6.07) is 0. The molecule has 0 spiro atoms. The summed E-state index contributed by atoms with van der Waals surface area (Å²) in [7, 11) is 8.44. The van der Waals surface area contributed by atoms with Crippen molar-refractivity contribution < 1.29 is 0 Å². The Hall–Kier alpha value is 0.478. The van der Waals surface area contributed by atoms with E-state index in [0.717, 1.165) is 0 Å². The van der Waals surface area contributed by atoms with Crippen LogP contribution in [-0.2, 0) is 0 Å². The van der Waals surface area contributed by atoms with E-state index in [1.165, 1.54) is 0 Å². The van der Waals surface area contributed by atoms with Crippen molar-refractivity contribution in [3.63, 3.8) is 0 Å². The Morgan fingerprint density at radius 2 is 1.14 bits per heavy atom. The molecule has 0 aliphatic heterocycles. The van der Waals surface area contributed by atoms with E-state index in [0.29, 0.717) is 0 Å². The molecule has 0 N–H and O–H groups in total. The first kappa shape index (κ1) is 7.48. The molecule has 3 heteroatoms. The van der Waals surface area contributed by atoms with Gasteiger partial charge in [0.25, 0.3) is 0 Å². The van der Waals surface area contributed by atoms with Crippen molar-refractivity contribution in [1.29, 1.82) is 0 Å². The van der Waals surface area contributed by atoms with Gasteiger partial charge in [-0.25, -0.2) is 0 Å². The van der Waals surface area contributed by atoms with Crippen molar-refractivity contribution >= 4 is 16.2 Å². The molecule has 0 aromatic heterocycles. The zero-order valence-corrected chi connectivity index (χ0v) is 7.49. The van der Waals surface area contributed by atoms with Gasteiger partial charge < -0.3 is 0 Å². The van der Waals surface area contributed by atoms with Crippen LogP contribution in [0.15, 0.2) is 0 Å². The van der Waals surface area contributed by atoms with E-state index < -0.39 is 0 Å². The second-order valence-corrected chi connectivity index (χ2v) is 6.06. The molecule has 0 saturated heterocycles. The monoisotopic (exact) mass is 164 g/mol. The third-order valence-corrected chi connectivity index (χ3v) is 2.08. The molecule has 0 aromatic carbocycles. The number of rotatable bonds is 2. The van der Waals surface area contributed by atoms with Crippen LogP contribution >= 0.6 is 0 Å². The van der Waals surface area contributed by atoms with Crippen molar-refractivity contribution in [2.24, 2.45) is 0 Å². The van der Waals surface area contributed by atoms with E-state index >= 15 is 0 Å². The molecule has 0 aromatic rings. The second kappa shape index (κ2) is 3.48. The van der Waals surface area contributed by atoms with Gasteiger partial charge in [-0.15, -0.1) is 0 Å². The van der Waals surface area contributed by atoms with Gasteiger partial charge in [0.05, 0.1) is 0 Å². The molecule has 0 saturated carbocycles. The Kier molecular flexibility index (Phi) is 3.71. The summed E-state index contributed by atoms with van der Waals surface area (Å²) in [6.07, 6.45) is 0. The summed E-state index contributed by atoms with van der Waals surface area (Å²) >= 11 is 0.0556. The van der Waals surface area contributed by atoms with E-state index in [2.05, 4.69) is 35.8 Å². The zero-order chi connectivity index (χ0) is 5.86. The summed E-state index contributed by atoms with van der Waals surface area (Å²) in [5.74, 6) is 0. The fraction of sp³-hybridized carbons (Fsp3) is 1.00. The van der Waals surface area contributed by atoms with Gasteiger partial charge in [-0.05, 0) is 0 Å². The van der Waals surface area contributed by atoms with Crippen molar-refractivity contribution in [3.05, 3.63) is 0 Å². The van der Waals surface area contributed by atoms with Crippen LogP contribution in [0.1, 0.15) is 0 Å². The van der Waals surface area contributed by atoms with E-state index in [9.17, 15) is 0 Å². The van der Waals surface area contributed by atoms with E-state index in [1.54, 1.807) is 0 Å². The molecule has 0 atom stereocenters. The molecule has 0 unspecified atom stereocenters. The summed E-state index contributed by atoms with van der Waals surface area (Å²) < 4.78 is 4.50. The van der Waals surface area contributed by atoms with E-state index in [1.807, 2.05) is 0 Å². The van der Waals surface area contributed by atoms with Crippen molar-refractivity contribution in [1.82, 2.24) is 7.63 Å². The predicted octanol–water partition coefficient (Wildman–Crippen LogP) is -0.624. The normalized spacial score (nSPS) is 11.1. The second-order valence-electron chi connectivity index (χ2n) is 1.89. The van der Waals surface area contributed by atoms with Gasteiger partial charge in [0, 0.05) is 0 Å². The summed E-state index contributed by atoms with van der Waals surface area (Å²) in [6.45, 7) is 0. The van der Waals surface area contributed by atoms with Gasteiger partial charge in [-0.2, -0.15) is 0 Å². The summed E-state index contributed by atoms with van der Waals surface area (Å²) in [4.78, 5) is 0. The van der Waals surface area contributed by atoms with E-state index in [-0.39, 0.29) is 16.2 Å². The Labute approximate surface area is 52.6 Å². The molecule has 0 bridgehead atoms. The standard InChI is InChI=1S/C4H13AsN2/c1-6(2)5-7(3)4/h5H,1-4H3. The minimum absolute atomic E-state index is 0.0556. The van der Waals surface area contributed by atoms with Crippen LogP contribution in [0.3, 0.4) is 0 Å². The fourth-order valence-electron chi connectivity index (χ4n) is 0.400. The SMILES string of the molecule is CN(C)[AsH]N(C)C. The van der Waals surface area contributed by atoms with Gasteiger partial charge in [-0.1, -0.05) is 0 Å². The Bertz CT molecular complexity index is 39.0. The summed E-state index contributed by atoms with van der Waals surface area (Å²) in [5, 5.41) is 0. The zero-order valence-electron chi connectivity index (χ0n) is 5.39. The van der Waals surface area contributed by atoms with Gasteiger partial charge >= 0.3 is 52.0 Å². The molecule has 44 valence electrons. The number of hydrogen-bond acceptors (Lipinski definition) is 2. The topological polar surface area (TPSA) is 6.48 Å². The summed E-state index contributed by atoms with van der Waals surface area (Å²) in [5.41, 5.74) is 0. The third kappa shape index (κ3) is 6.48. The maximum atomic E-state index is 2.25. The Morgan fingerprint density at radius 1 is 0.857 bits per heavy atom. The first-order valence-corrected chi connectivity index (χ1v) is 4.11. The van der Waals surface area contributed by atoms with Crippen LogP contribution in [-0.4, -0.2) is 52.0 Å². The van der Waals surface area contributed by atoms with Gasteiger partial charge in [-0.3, -0.25) is 0 Å². The third-order valence-electron chi connectivity index (χ3n) is 0.400. The molecular weight excluding hydrogens is 151 g/mol. The first-order valence-electron chi connectivity index (χ1n) is 2.24. The molecule has 0 radical (unpaired) electrons. The van der Waals surface area contributed by atoms with Crippen LogP contribution in [0.25, 0.3) is 0 Å². The molecular formula is C4H13AsN2. The average molecular weight is 164 g/mol. The fourth-order valence-corrected chi connectivity index (χ4v) is 2.08. The molecule has 0 rings (SSSR count). The quantitative estimate of drug-likeness (QED) is 0.502. The maximum absolute atomic E-state index is 2.25. The molecule has 0 fully saturated rings. The van der Waals surface area contributed by atoms with Crippen LogP contribution in [0.5, 0.6) is 0 Å². The number of nitrogens with zero attached hydrogens (tertiary/aromatic N) is 2. The van der Waals surface area contributed by atoms with Gasteiger partial charge in [0.1, 0.15) is 0 Å².